The van der Waals surface area contributed by atoms with Gasteiger partial charge in [0, 0.05) is 17.3 Å². The summed E-state index contributed by atoms with van der Waals surface area (Å²) in [5.41, 5.74) is 1.72. The molecule has 0 unspecified atom stereocenters. The lowest BCUT2D eigenvalue weighted by molar-refractivity contribution is -0.127. The smallest absolute Gasteiger partial charge is 0.338 e. The molecule has 1 aromatic heterocycles. The van der Waals surface area contributed by atoms with E-state index in [1.165, 1.54) is 33.8 Å². The van der Waals surface area contributed by atoms with Gasteiger partial charge < -0.3 is 10.1 Å². The van der Waals surface area contributed by atoms with Crippen LogP contribution in [0.1, 0.15) is 54.6 Å². The maximum atomic E-state index is 15.3. The molecule has 1 aliphatic rings. The van der Waals surface area contributed by atoms with Crippen LogP contribution in [0.25, 0.3) is 11.0 Å². The van der Waals surface area contributed by atoms with Crippen molar-refractivity contribution in [1.82, 2.24) is 20.3 Å². The van der Waals surface area contributed by atoms with Gasteiger partial charge in [0.15, 0.2) is 0 Å². The molecule has 1 fully saturated rings. The molecule has 5 rings (SSSR count). The topological polar surface area (TPSA) is 106 Å². The van der Waals surface area contributed by atoms with Crippen LogP contribution in [0, 0.1) is 5.82 Å². The minimum absolute atomic E-state index is 0.0383. The van der Waals surface area contributed by atoms with Gasteiger partial charge in [0.2, 0.25) is 11.8 Å². The Labute approximate surface area is 230 Å². The molecule has 0 radical (unpaired) electrons. The number of rotatable bonds is 9. The lowest BCUT2D eigenvalue weighted by Crippen LogP contribution is -2.47. The van der Waals surface area contributed by atoms with Crippen molar-refractivity contribution in [3.8, 4) is 0 Å². The molecule has 1 saturated carbocycles. The zero-order valence-electron chi connectivity index (χ0n) is 22.1. The lowest BCUT2D eigenvalue weighted by Gasteiger charge is -2.32. The van der Waals surface area contributed by atoms with E-state index in [1.807, 2.05) is 12.1 Å². The van der Waals surface area contributed by atoms with Crippen LogP contribution in [0.4, 0.5) is 10.1 Å². The fraction of sp³-hybridized carbons (Fsp3) is 0.300. The van der Waals surface area contributed by atoms with Crippen molar-refractivity contribution in [2.45, 2.75) is 51.2 Å². The molecule has 0 spiro atoms. The van der Waals surface area contributed by atoms with Crippen LogP contribution in [-0.2, 0) is 20.9 Å². The van der Waals surface area contributed by atoms with E-state index in [9.17, 15) is 14.4 Å². The quantitative estimate of drug-likeness (QED) is 0.310. The van der Waals surface area contributed by atoms with Gasteiger partial charge in [-0.3, -0.25) is 14.5 Å². The number of hydrogen-bond donors (Lipinski definition) is 1. The molecule has 1 N–H and O–H groups in total. The van der Waals surface area contributed by atoms with Gasteiger partial charge in [-0.1, -0.05) is 54.5 Å². The number of benzene rings is 3. The molecule has 40 heavy (non-hydrogen) atoms. The normalized spacial score (nSPS) is 14.2. The van der Waals surface area contributed by atoms with Gasteiger partial charge in [-0.2, -0.15) is 0 Å². The minimum Gasteiger partial charge on any atom is -0.462 e. The number of aromatic nitrogens is 3. The number of carbonyl (C=O) groups is 3. The predicted octanol–water partition coefficient (Wildman–Crippen LogP) is 4.58. The van der Waals surface area contributed by atoms with E-state index in [0.29, 0.717) is 11.0 Å². The van der Waals surface area contributed by atoms with Gasteiger partial charge in [-0.25, -0.2) is 13.9 Å². The van der Waals surface area contributed by atoms with Gasteiger partial charge in [0.1, 0.15) is 23.9 Å². The first-order valence-electron chi connectivity index (χ1n) is 13.4. The number of esters is 1. The van der Waals surface area contributed by atoms with Crippen LogP contribution < -0.4 is 10.2 Å². The molecule has 0 saturated heterocycles. The van der Waals surface area contributed by atoms with Crippen LogP contribution in [-0.4, -0.2) is 45.4 Å². The fourth-order valence-corrected chi connectivity index (χ4v) is 5.12. The summed E-state index contributed by atoms with van der Waals surface area (Å²) in [6.07, 6.45) is 3.60. The van der Waals surface area contributed by atoms with E-state index in [2.05, 4.69) is 15.6 Å². The number of carbonyl (C=O) groups excluding carboxylic acids is 3. The zero-order valence-corrected chi connectivity index (χ0v) is 22.1. The Hall–Kier alpha value is -4.60. The Morgan fingerprint density at radius 2 is 1.80 bits per heavy atom. The van der Waals surface area contributed by atoms with Crippen molar-refractivity contribution in [3.63, 3.8) is 0 Å². The Kier molecular flexibility index (Phi) is 8.14. The van der Waals surface area contributed by atoms with Crippen molar-refractivity contribution < 1.29 is 23.5 Å². The number of para-hydroxylation sites is 1. The van der Waals surface area contributed by atoms with E-state index >= 15 is 4.39 Å². The molecule has 2 amide bonds. The number of ether oxygens (including phenoxy) is 1. The van der Waals surface area contributed by atoms with E-state index in [-0.39, 0.29) is 36.0 Å². The summed E-state index contributed by atoms with van der Waals surface area (Å²) in [4.78, 5) is 41.9. The summed E-state index contributed by atoms with van der Waals surface area (Å²) in [5.74, 6) is -2.24. The SMILES string of the molecule is CCOC(=O)c1cccc(N(C(=O)Cn2nnc3ccccc32)[C@@H](C(=O)NC2CCCC2)c2ccccc2F)c1. The van der Waals surface area contributed by atoms with Crippen LogP contribution in [0.3, 0.4) is 0 Å². The Morgan fingerprint density at radius 3 is 2.58 bits per heavy atom. The molecule has 3 aromatic carbocycles. The maximum Gasteiger partial charge on any atom is 0.338 e. The van der Waals surface area contributed by atoms with Gasteiger partial charge in [-0.05, 0) is 56.2 Å². The van der Waals surface area contributed by atoms with E-state index in [1.54, 1.807) is 43.3 Å². The second-order valence-electron chi connectivity index (χ2n) is 9.68. The van der Waals surface area contributed by atoms with Gasteiger partial charge in [0.05, 0.1) is 17.7 Å². The Balaban J connectivity index is 1.61. The first kappa shape index (κ1) is 27.0. The zero-order chi connectivity index (χ0) is 28.1. The maximum absolute atomic E-state index is 15.3. The minimum atomic E-state index is -1.35. The molecular formula is C30H30FN5O4. The number of nitrogens with one attached hydrogen (secondary N) is 1. The average molecular weight is 544 g/mol. The third-order valence-electron chi connectivity index (χ3n) is 7.02. The number of halogens is 1. The Bertz CT molecular complexity index is 1530. The van der Waals surface area contributed by atoms with Crippen molar-refractivity contribution >= 4 is 34.5 Å². The number of hydrogen-bond acceptors (Lipinski definition) is 6. The van der Waals surface area contributed by atoms with Gasteiger partial charge in [0.25, 0.3) is 0 Å². The van der Waals surface area contributed by atoms with Crippen molar-refractivity contribution in [1.29, 1.82) is 0 Å². The standard InChI is InChI=1S/C30H30FN5O4/c1-2-40-30(39)20-10-9-13-22(18-20)36(27(37)19-35-26-17-8-7-16-25(26)33-34-35)28(23-14-5-6-15-24(23)31)29(38)32-21-11-3-4-12-21/h5-10,13-18,21,28H,2-4,11-12,19H2,1H3,(H,32,38)/t28-/m1/s1. The van der Waals surface area contributed by atoms with Crippen LogP contribution >= 0.6 is 0 Å². The Morgan fingerprint density at radius 1 is 1.05 bits per heavy atom. The van der Waals surface area contributed by atoms with Gasteiger partial charge in [-0.15, -0.1) is 5.10 Å². The van der Waals surface area contributed by atoms with Gasteiger partial charge >= 0.3 is 5.97 Å². The highest BCUT2D eigenvalue weighted by Crippen LogP contribution is 2.32. The summed E-state index contributed by atoms with van der Waals surface area (Å²) in [5, 5.41) is 11.3. The third-order valence-corrected chi connectivity index (χ3v) is 7.02. The van der Waals surface area contributed by atoms with Crippen LogP contribution in [0.15, 0.2) is 72.8 Å². The molecule has 206 valence electrons. The van der Waals surface area contributed by atoms with Crippen molar-refractivity contribution in [3.05, 3.63) is 89.7 Å². The molecular weight excluding hydrogens is 513 g/mol. The summed E-state index contributed by atoms with van der Waals surface area (Å²) in [6, 6.07) is 17.9. The van der Waals surface area contributed by atoms with Crippen molar-refractivity contribution in [2.24, 2.45) is 0 Å². The number of fused-ring (bicyclic) bond motifs is 1. The highest BCUT2D eigenvalue weighted by atomic mass is 19.1. The van der Waals surface area contributed by atoms with Crippen LogP contribution in [0.5, 0.6) is 0 Å². The highest BCUT2D eigenvalue weighted by Gasteiger charge is 2.36. The predicted molar refractivity (Wildman–Crippen MR) is 147 cm³/mol. The largest absolute Gasteiger partial charge is 0.462 e. The molecule has 0 aliphatic heterocycles. The monoisotopic (exact) mass is 543 g/mol. The lowest BCUT2D eigenvalue weighted by atomic mass is 10.0. The van der Waals surface area contributed by atoms with E-state index in [0.717, 1.165) is 25.7 Å². The average Bonchev–Trinajstić information content (AvgIpc) is 3.62. The molecule has 1 aliphatic carbocycles. The first-order valence-corrected chi connectivity index (χ1v) is 13.4. The fourth-order valence-electron chi connectivity index (χ4n) is 5.12. The second kappa shape index (κ2) is 12.1. The molecule has 10 heteroatoms. The van der Waals surface area contributed by atoms with Crippen molar-refractivity contribution in [2.75, 3.05) is 11.5 Å². The number of amides is 2. The second-order valence-corrected chi connectivity index (χ2v) is 9.68. The van der Waals surface area contributed by atoms with Crippen LogP contribution in [0.2, 0.25) is 0 Å². The molecule has 1 heterocycles. The van der Waals surface area contributed by atoms with E-state index in [4.69, 9.17) is 4.74 Å². The summed E-state index contributed by atoms with van der Waals surface area (Å²) >= 11 is 0. The molecule has 0 bridgehead atoms. The molecule has 4 aromatic rings. The first-order chi connectivity index (χ1) is 19.5. The van der Waals surface area contributed by atoms with E-state index < -0.39 is 29.6 Å². The summed E-state index contributed by atoms with van der Waals surface area (Å²) < 4.78 is 21.9. The molecule has 1 atom stereocenters. The highest BCUT2D eigenvalue weighted by molar-refractivity contribution is 6.02. The number of nitrogens with zero attached hydrogens (tertiary/aromatic N) is 4. The summed E-state index contributed by atoms with van der Waals surface area (Å²) in [6.45, 7) is 1.60. The number of anilines is 1. The third kappa shape index (κ3) is 5.70. The summed E-state index contributed by atoms with van der Waals surface area (Å²) in [7, 11) is 0. The molecule has 9 nitrogen and oxygen atoms in total.